The normalized spacial score (nSPS) is 16.1. The molecular formula is C11H9BrN2. The van der Waals surface area contributed by atoms with Crippen molar-refractivity contribution in [2.24, 2.45) is 0 Å². The summed E-state index contributed by atoms with van der Waals surface area (Å²) in [6.45, 7) is 0. The lowest BCUT2D eigenvalue weighted by Gasteiger charge is -1.99. The number of fused-ring (bicyclic) bond motifs is 1. The van der Waals surface area contributed by atoms with Gasteiger partial charge in [0.05, 0.1) is 11.2 Å². The Hall–Kier alpha value is -0.960. The van der Waals surface area contributed by atoms with Crippen molar-refractivity contribution in [2.75, 3.05) is 0 Å². The van der Waals surface area contributed by atoms with Gasteiger partial charge >= 0.3 is 0 Å². The molecule has 1 aliphatic carbocycles. The average molecular weight is 249 g/mol. The Labute approximate surface area is 90.5 Å². The molecule has 1 aromatic heterocycles. The van der Waals surface area contributed by atoms with Crippen molar-refractivity contribution in [3.05, 3.63) is 34.4 Å². The highest BCUT2D eigenvalue weighted by Crippen LogP contribution is 2.39. The third-order valence-electron chi connectivity index (χ3n) is 2.56. The zero-order valence-corrected chi connectivity index (χ0v) is 9.16. The fourth-order valence-corrected chi connectivity index (χ4v) is 1.99. The molecule has 0 radical (unpaired) electrons. The second-order valence-corrected chi connectivity index (χ2v) is 4.66. The van der Waals surface area contributed by atoms with E-state index in [4.69, 9.17) is 0 Å². The maximum atomic E-state index is 4.23. The molecule has 0 amide bonds. The number of hydrogen-bond donors (Lipinski definition) is 0. The molecule has 3 rings (SSSR count). The lowest BCUT2D eigenvalue weighted by molar-refractivity contribution is 0.935. The van der Waals surface area contributed by atoms with E-state index in [9.17, 15) is 0 Å². The SMILES string of the molecule is Brc1ccc2nnc(C3CC3)cc2c1. The third-order valence-corrected chi connectivity index (χ3v) is 3.06. The minimum absolute atomic E-state index is 0.672. The van der Waals surface area contributed by atoms with Crippen molar-refractivity contribution in [3.63, 3.8) is 0 Å². The van der Waals surface area contributed by atoms with Gasteiger partial charge in [0, 0.05) is 15.8 Å². The molecule has 2 nitrogen and oxygen atoms in total. The second kappa shape index (κ2) is 3.02. The molecule has 70 valence electrons. The van der Waals surface area contributed by atoms with E-state index in [-0.39, 0.29) is 0 Å². The molecule has 0 spiro atoms. The first-order valence-corrected chi connectivity index (χ1v) is 5.55. The summed E-state index contributed by atoms with van der Waals surface area (Å²) in [5.74, 6) is 0.672. The van der Waals surface area contributed by atoms with Gasteiger partial charge in [0.15, 0.2) is 0 Å². The monoisotopic (exact) mass is 248 g/mol. The molecule has 0 aliphatic heterocycles. The Kier molecular flexibility index (Phi) is 1.80. The van der Waals surface area contributed by atoms with Crippen molar-refractivity contribution < 1.29 is 0 Å². The Morgan fingerprint density at radius 2 is 2.00 bits per heavy atom. The number of benzene rings is 1. The fourth-order valence-electron chi connectivity index (χ4n) is 1.61. The van der Waals surface area contributed by atoms with Gasteiger partial charge in [0.2, 0.25) is 0 Å². The quantitative estimate of drug-likeness (QED) is 0.775. The van der Waals surface area contributed by atoms with Crippen LogP contribution in [-0.2, 0) is 0 Å². The van der Waals surface area contributed by atoms with Gasteiger partial charge in [-0.3, -0.25) is 0 Å². The van der Waals surface area contributed by atoms with Crippen molar-refractivity contribution >= 4 is 26.8 Å². The summed E-state index contributed by atoms with van der Waals surface area (Å²) < 4.78 is 1.10. The second-order valence-electron chi connectivity index (χ2n) is 3.75. The van der Waals surface area contributed by atoms with E-state index in [1.807, 2.05) is 12.1 Å². The topological polar surface area (TPSA) is 25.8 Å². The Bertz CT molecular complexity index is 492. The summed E-state index contributed by atoms with van der Waals surface area (Å²) in [6.07, 6.45) is 2.54. The summed E-state index contributed by atoms with van der Waals surface area (Å²) in [7, 11) is 0. The van der Waals surface area contributed by atoms with Gasteiger partial charge in [-0.05, 0) is 37.1 Å². The smallest absolute Gasteiger partial charge is 0.0930 e. The predicted molar refractivity (Wildman–Crippen MR) is 59.2 cm³/mol. The molecule has 0 unspecified atom stereocenters. The Balaban J connectivity index is 2.20. The van der Waals surface area contributed by atoms with Gasteiger partial charge in [-0.25, -0.2) is 0 Å². The van der Waals surface area contributed by atoms with Crippen LogP contribution in [0.5, 0.6) is 0 Å². The number of halogens is 1. The van der Waals surface area contributed by atoms with Crippen LogP contribution in [0.4, 0.5) is 0 Å². The first-order chi connectivity index (χ1) is 6.83. The largest absolute Gasteiger partial charge is 0.155 e. The molecule has 1 aliphatic rings. The summed E-state index contributed by atoms with van der Waals surface area (Å²) in [6, 6.07) is 8.23. The van der Waals surface area contributed by atoms with Crippen molar-refractivity contribution in [2.45, 2.75) is 18.8 Å². The van der Waals surface area contributed by atoms with Crippen LogP contribution in [0.15, 0.2) is 28.7 Å². The summed E-state index contributed by atoms with van der Waals surface area (Å²) in [5, 5.41) is 9.62. The third kappa shape index (κ3) is 1.42. The number of aromatic nitrogens is 2. The van der Waals surface area contributed by atoms with Crippen molar-refractivity contribution in [1.29, 1.82) is 0 Å². The minimum atomic E-state index is 0.672. The molecule has 14 heavy (non-hydrogen) atoms. The van der Waals surface area contributed by atoms with Crippen LogP contribution in [0.25, 0.3) is 10.9 Å². The zero-order valence-electron chi connectivity index (χ0n) is 7.57. The lowest BCUT2D eigenvalue weighted by Crippen LogP contribution is -1.90. The van der Waals surface area contributed by atoms with Gasteiger partial charge in [-0.1, -0.05) is 15.9 Å². The van der Waals surface area contributed by atoms with E-state index in [2.05, 4.69) is 38.3 Å². The summed E-state index contributed by atoms with van der Waals surface area (Å²) >= 11 is 3.46. The van der Waals surface area contributed by atoms with E-state index in [0.717, 1.165) is 15.7 Å². The van der Waals surface area contributed by atoms with Gasteiger partial charge in [-0.2, -0.15) is 10.2 Å². The highest BCUT2D eigenvalue weighted by atomic mass is 79.9. The summed E-state index contributed by atoms with van der Waals surface area (Å²) in [5.41, 5.74) is 2.12. The molecule has 1 fully saturated rings. The van der Waals surface area contributed by atoms with Gasteiger partial charge < -0.3 is 0 Å². The maximum absolute atomic E-state index is 4.23. The first kappa shape index (κ1) is 8.36. The summed E-state index contributed by atoms with van der Waals surface area (Å²) in [4.78, 5) is 0. The maximum Gasteiger partial charge on any atom is 0.0930 e. The van der Waals surface area contributed by atoms with Crippen LogP contribution in [0.1, 0.15) is 24.5 Å². The number of rotatable bonds is 1. The van der Waals surface area contributed by atoms with Crippen LogP contribution < -0.4 is 0 Å². The van der Waals surface area contributed by atoms with Crippen molar-refractivity contribution in [3.8, 4) is 0 Å². The van der Waals surface area contributed by atoms with E-state index in [1.54, 1.807) is 0 Å². The average Bonchev–Trinajstić information content (AvgIpc) is 3.00. The minimum Gasteiger partial charge on any atom is -0.155 e. The molecule has 1 aromatic carbocycles. The van der Waals surface area contributed by atoms with Crippen LogP contribution in [0, 0.1) is 0 Å². The molecule has 1 saturated carbocycles. The van der Waals surface area contributed by atoms with Crippen LogP contribution in [0.2, 0.25) is 0 Å². The Morgan fingerprint density at radius 3 is 2.79 bits per heavy atom. The highest BCUT2D eigenvalue weighted by molar-refractivity contribution is 9.10. The van der Waals surface area contributed by atoms with E-state index in [0.29, 0.717) is 5.92 Å². The van der Waals surface area contributed by atoms with E-state index >= 15 is 0 Å². The first-order valence-electron chi connectivity index (χ1n) is 4.76. The van der Waals surface area contributed by atoms with Gasteiger partial charge in [0.25, 0.3) is 0 Å². The molecule has 0 bridgehead atoms. The molecule has 3 heteroatoms. The highest BCUT2D eigenvalue weighted by Gasteiger charge is 2.25. The van der Waals surface area contributed by atoms with Crippen LogP contribution >= 0.6 is 15.9 Å². The molecular weight excluding hydrogens is 240 g/mol. The molecule has 0 atom stereocenters. The van der Waals surface area contributed by atoms with Gasteiger partial charge in [-0.15, -0.1) is 0 Å². The molecule has 0 saturated heterocycles. The molecule has 0 N–H and O–H groups in total. The predicted octanol–water partition coefficient (Wildman–Crippen LogP) is 3.27. The number of hydrogen-bond acceptors (Lipinski definition) is 2. The molecule has 2 aromatic rings. The Morgan fingerprint density at radius 1 is 1.14 bits per heavy atom. The van der Waals surface area contributed by atoms with Crippen molar-refractivity contribution in [1.82, 2.24) is 10.2 Å². The molecule has 1 heterocycles. The number of nitrogens with zero attached hydrogens (tertiary/aromatic N) is 2. The van der Waals surface area contributed by atoms with Crippen LogP contribution in [0.3, 0.4) is 0 Å². The van der Waals surface area contributed by atoms with Crippen LogP contribution in [-0.4, -0.2) is 10.2 Å². The van der Waals surface area contributed by atoms with Gasteiger partial charge in [0.1, 0.15) is 0 Å². The van der Waals surface area contributed by atoms with E-state index < -0.39 is 0 Å². The lowest BCUT2D eigenvalue weighted by atomic mass is 10.2. The standard InChI is InChI=1S/C11H9BrN2/c12-9-3-4-10-8(5-9)6-11(14-13-10)7-1-2-7/h3-7H,1-2H2. The zero-order chi connectivity index (χ0) is 9.54. The fraction of sp³-hybridized carbons (Fsp3) is 0.273. The van der Waals surface area contributed by atoms with E-state index in [1.165, 1.54) is 18.2 Å².